The fraction of sp³-hybridized carbons (Fsp3) is 0.615. The van der Waals surface area contributed by atoms with Gasteiger partial charge in [-0.3, -0.25) is 4.57 Å². The Kier molecular flexibility index (Phi) is 5.61. The Labute approximate surface area is 124 Å². The number of esters is 1. The van der Waals surface area contributed by atoms with E-state index in [2.05, 4.69) is 0 Å². The van der Waals surface area contributed by atoms with Crippen LogP contribution in [0.4, 0.5) is 0 Å². The molecule has 1 aliphatic rings. The molecule has 0 spiro atoms. The van der Waals surface area contributed by atoms with Crippen LogP contribution in [-0.2, 0) is 32.6 Å². The highest BCUT2D eigenvalue weighted by molar-refractivity contribution is 7.55. The average Bonchev–Trinajstić information content (AvgIpc) is 2.72. The number of rotatable bonds is 6. The van der Waals surface area contributed by atoms with Gasteiger partial charge in [0.15, 0.2) is 5.76 Å². The fourth-order valence-corrected chi connectivity index (χ4v) is 2.94. The lowest BCUT2D eigenvalue weighted by molar-refractivity contribution is -0.136. The molecule has 0 aliphatic carbocycles. The minimum atomic E-state index is -3.28. The lowest BCUT2D eigenvalue weighted by atomic mass is 10.3. The Morgan fingerprint density at radius 3 is 2.14 bits per heavy atom. The van der Waals surface area contributed by atoms with Crippen LogP contribution in [0.15, 0.2) is 23.4 Å². The minimum Gasteiger partial charge on any atom is -0.490 e. The first-order valence-electron chi connectivity index (χ1n) is 6.25. The van der Waals surface area contributed by atoms with E-state index < -0.39 is 18.7 Å². The summed E-state index contributed by atoms with van der Waals surface area (Å²) in [6.45, 7) is 5.20. The van der Waals surface area contributed by atoms with Crippen molar-refractivity contribution in [3.05, 3.63) is 23.4 Å². The molecular weight excluding hydrogens is 299 g/mol. The molecule has 8 heteroatoms. The molecule has 0 radical (unpaired) electrons. The predicted molar refractivity (Wildman–Crippen MR) is 75.5 cm³/mol. The summed E-state index contributed by atoms with van der Waals surface area (Å²) in [7, 11) is 0.782. The summed E-state index contributed by atoms with van der Waals surface area (Å²) in [6, 6.07) is 0. The van der Waals surface area contributed by atoms with Crippen LogP contribution in [0.1, 0.15) is 20.8 Å². The third-order valence-electron chi connectivity index (χ3n) is 2.80. The van der Waals surface area contributed by atoms with Crippen molar-refractivity contribution in [1.29, 1.82) is 0 Å². The van der Waals surface area contributed by atoms with Crippen molar-refractivity contribution in [1.82, 2.24) is 0 Å². The smallest absolute Gasteiger partial charge is 0.383 e. The van der Waals surface area contributed by atoms with E-state index >= 15 is 0 Å². The topological polar surface area (TPSA) is 80.3 Å². The Morgan fingerprint density at radius 2 is 1.71 bits per heavy atom. The zero-order valence-electron chi connectivity index (χ0n) is 13.1. The standard InChI is InChI=1S/C13H21O7P/c1-13(2,3)21(15,18-6)19-8-7-9-10(16-4)11(17-5)12(14)20-9/h7H,8H2,1-6H3/b9-7+. The Balaban J connectivity index is 2.86. The van der Waals surface area contributed by atoms with Gasteiger partial charge in [0.2, 0.25) is 5.76 Å². The molecule has 0 amide bonds. The summed E-state index contributed by atoms with van der Waals surface area (Å²) >= 11 is 0. The molecule has 0 saturated heterocycles. The minimum absolute atomic E-state index is 0.0190. The van der Waals surface area contributed by atoms with Crippen molar-refractivity contribution in [2.75, 3.05) is 27.9 Å². The highest BCUT2D eigenvalue weighted by Crippen LogP contribution is 2.58. The zero-order chi connectivity index (χ0) is 16.3. The lowest BCUT2D eigenvalue weighted by Crippen LogP contribution is -2.18. The van der Waals surface area contributed by atoms with E-state index in [1.165, 1.54) is 27.4 Å². The summed E-state index contributed by atoms with van der Waals surface area (Å²) in [6.07, 6.45) is 1.44. The number of hydrogen-bond acceptors (Lipinski definition) is 7. The number of methoxy groups -OCH3 is 2. The second kappa shape index (κ2) is 6.64. The molecule has 1 unspecified atom stereocenters. The summed E-state index contributed by atoms with van der Waals surface area (Å²) in [4.78, 5) is 11.5. The van der Waals surface area contributed by atoms with Crippen molar-refractivity contribution in [2.45, 2.75) is 25.9 Å². The number of ether oxygens (including phenoxy) is 3. The van der Waals surface area contributed by atoms with Crippen LogP contribution < -0.4 is 0 Å². The van der Waals surface area contributed by atoms with Crippen LogP contribution in [0.25, 0.3) is 0 Å². The van der Waals surface area contributed by atoms with Crippen molar-refractivity contribution < 1.29 is 32.6 Å². The molecule has 120 valence electrons. The second-order valence-corrected chi connectivity index (χ2v) is 8.13. The third kappa shape index (κ3) is 3.67. The van der Waals surface area contributed by atoms with Crippen LogP contribution in [0.2, 0.25) is 0 Å². The van der Waals surface area contributed by atoms with E-state index in [4.69, 9.17) is 23.3 Å². The number of carbonyl (C=O) groups excluding carboxylic acids is 1. The van der Waals surface area contributed by atoms with Crippen molar-refractivity contribution in [2.24, 2.45) is 0 Å². The number of hydrogen-bond donors (Lipinski definition) is 0. The number of cyclic esters (lactones) is 1. The van der Waals surface area contributed by atoms with Gasteiger partial charge in [-0.2, -0.15) is 0 Å². The zero-order valence-corrected chi connectivity index (χ0v) is 14.0. The van der Waals surface area contributed by atoms with E-state index in [0.29, 0.717) is 0 Å². The van der Waals surface area contributed by atoms with E-state index in [0.717, 1.165) is 0 Å². The maximum absolute atomic E-state index is 12.5. The fourth-order valence-electron chi connectivity index (χ4n) is 1.63. The highest BCUT2D eigenvalue weighted by Gasteiger charge is 2.39. The maximum Gasteiger partial charge on any atom is 0.383 e. The summed E-state index contributed by atoms with van der Waals surface area (Å²) in [5, 5.41) is -0.662. The van der Waals surface area contributed by atoms with E-state index in [9.17, 15) is 9.36 Å². The van der Waals surface area contributed by atoms with E-state index in [-0.39, 0.29) is 23.9 Å². The molecule has 0 aromatic rings. The van der Waals surface area contributed by atoms with Gasteiger partial charge >= 0.3 is 13.6 Å². The van der Waals surface area contributed by atoms with Crippen LogP contribution in [0, 0.1) is 0 Å². The molecule has 0 fully saturated rings. The molecule has 1 atom stereocenters. The average molecular weight is 320 g/mol. The van der Waals surface area contributed by atoms with E-state index in [1.54, 1.807) is 20.8 Å². The lowest BCUT2D eigenvalue weighted by Gasteiger charge is -2.27. The first kappa shape index (κ1) is 17.8. The molecule has 1 heterocycles. The van der Waals surface area contributed by atoms with Gasteiger partial charge in [0.25, 0.3) is 5.76 Å². The molecule has 0 aromatic carbocycles. The van der Waals surface area contributed by atoms with Crippen molar-refractivity contribution in [3.8, 4) is 0 Å². The normalized spacial score (nSPS) is 20.5. The maximum atomic E-state index is 12.5. The molecule has 0 N–H and O–H groups in total. The predicted octanol–water partition coefficient (Wildman–Crippen LogP) is 2.59. The SMILES string of the molecule is COC1=C(OC)/C(=C\COP(=O)(OC)C(C)(C)C)OC1=O. The Hall–Kier alpha value is -1.30. The molecular formula is C13H21O7P. The summed E-state index contributed by atoms with van der Waals surface area (Å²) < 4.78 is 37.8. The van der Waals surface area contributed by atoms with Gasteiger partial charge < -0.3 is 23.3 Å². The second-order valence-electron chi connectivity index (χ2n) is 5.17. The monoisotopic (exact) mass is 320 g/mol. The van der Waals surface area contributed by atoms with E-state index in [1.807, 2.05) is 0 Å². The first-order valence-corrected chi connectivity index (χ1v) is 7.79. The summed E-state index contributed by atoms with van der Waals surface area (Å²) in [5.41, 5.74) is 0. The molecule has 0 aromatic heterocycles. The van der Waals surface area contributed by atoms with Crippen LogP contribution in [-0.4, -0.2) is 39.1 Å². The number of carbonyl (C=O) groups is 1. The van der Waals surface area contributed by atoms with Crippen molar-refractivity contribution >= 4 is 13.6 Å². The molecule has 0 saturated carbocycles. The van der Waals surface area contributed by atoms with Gasteiger partial charge in [0.1, 0.15) is 0 Å². The Morgan fingerprint density at radius 1 is 1.14 bits per heavy atom. The molecule has 7 nitrogen and oxygen atoms in total. The quantitative estimate of drug-likeness (QED) is 0.549. The van der Waals surface area contributed by atoms with Gasteiger partial charge in [-0.1, -0.05) is 0 Å². The largest absolute Gasteiger partial charge is 0.490 e. The summed E-state index contributed by atoms with van der Waals surface area (Å²) in [5.74, 6) is -0.328. The van der Waals surface area contributed by atoms with Gasteiger partial charge in [0, 0.05) is 7.11 Å². The molecule has 1 rings (SSSR count). The Bertz CT molecular complexity index is 513. The van der Waals surface area contributed by atoms with Gasteiger partial charge in [0.05, 0.1) is 26.0 Å². The molecule has 0 bridgehead atoms. The van der Waals surface area contributed by atoms with Crippen LogP contribution >= 0.6 is 7.60 Å². The molecule has 21 heavy (non-hydrogen) atoms. The van der Waals surface area contributed by atoms with Gasteiger partial charge in [-0.15, -0.1) is 0 Å². The van der Waals surface area contributed by atoms with Gasteiger partial charge in [-0.25, -0.2) is 4.79 Å². The first-order chi connectivity index (χ1) is 9.70. The van der Waals surface area contributed by atoms with Crippen LogP contribution in [0.5, 0.6) is 0 Å². The van der Waals surface area contributed by atoms with Crippen LogP contribution in [0.3, 0.4) is 0 Å². The third-order valence-corrected chi connectivity index (χ3v) is 5.41. The molecule has 1 aliphatic heterocycles. The highest BCUT2D eigenvalue weighted by atomic mass is 31.2. The van der Waals surface area contributed by atoms with Crippen molar-refractivity contribution in [3.63, 3.8) is 0 Å². The van der Waals surface area contributed by atoms with Gasteiger partial charge in [-0.05, 0) is 26.8 Å².